The van der Waals surface area contributed by atoms with Gasteiger partial charge in [0.1, 0.15) is 7.60 Å². The van der Waals surface area contributed by atoms with Crippen molar-refractivity contribution in [3.05, 3.63) is 0 Å². The summed E-state index contributed by atoms with van der Waals surface area (Å²) in [7, 11) is -10.0. The SMILES string of the molecule is O=P([O-])([O-])CP(=O)([O-])O.[Na+].[Na+].[Na+]. The standard InChI is InChI=1S/CH6O6P2.3Na/c2-8(3,4)1-9(5,6)7;;;/h1H2,(H2,2,3,4)(H2,5,6,7);;;/q;3*+1/p-3. The zero-order chi connectivity index (χ0) is 7.71. The van der Waals surface area contributed by atoms with Crippen LogP contribution in [-0.2, 0) is 9.13 Å². The normalized spacial score (nSPS) is 14.3. The minimum Gasteiger partial charge on any atom is -0.810 e. The molecule has 0 aliphatic heterocycles. The molecular formula is CH3Na3O6P2. The van der Waals surface area contributed by atoms with Gasteiger partial charge in [0.25, 0.3) is 0 Å². The molecule has 0 aromatic carbocycles. The Morgan fingerprint density at radius 3 is 1.25 bits per heavy atom. The monoisotopic (exact) mass is 242 g/mol. The van der Waals surface area contributed by atoms with Crippen LogP contribution in [0.5, 0.6) is 0 Å². The van der Waals surface area contributed by atoms with Crippen molar-refractivity contribution < 1.29 is 117 Å². The third kappa shape index (κ3) is 23.3. The molecule has 0 fully saturated rings. The average molecular weight is 242 g/mol. The largest absolute Gasteiger partial charge is 1.00 e. The number of hydrogen-bond donors (Lipinski definition) is 1. The molecule has 0 radical (unpaired) electrons. The Bertz CT molecular complexity index is 161. The summed E-state index contributed by atoms with van der Waals surface area (Å²) in [4.78, 5) is 36.6. The van der Waals surface area contributed by atoms with Crippen molar-refractivity contribution in [2.75, 3.05) is 5.90 Å². The summed E-state index contributed by atoms with van der Waals surface area (Å²) in [5, 5.41) is 0. The zero-order valence-corrected chi connectivity index (χ0v) is 14.9. The first-order valence-corrected chi connectivity index (χ1v) is 5.24. The molecule has 0 aliphatic carbocycles. The van der Waals surface area contributed by atoms with Crippen molar-refractivity contribution in [1.82, 2.24) is 0 Å². The fraction of sp³-hybridized carbons (Fsp3) is 1.00. The predicted molar refractivity (Wildman–Crippen MR) is 22.3 cm³/mol. The molecule has 1 atom stereocenters. The predicted octanol–water partition coefficient (Wildman–Crippen LogP) is -11.6. The minimum absolute atomic E-state index is 0. The molecule has 11 heteroatoms. The van der Waals surface area contributed by atoms with E-state index in [0.717, 1.165) is 0 Å². The second-order valence-corrected chi connectivity index (χ2v) is 5.02. The summed E-state index contributed by atoms with van der Waals surface area (Å²) in [5.41, 5.74) is 0. The smallest absolute Gasteiger partial charge is 0.810 e. The second-order valence-electron chi connectivity index (χ2n) is 1.39. The summed E-state index contributed by atoms with van der Waals surface area (Å²) in [5.74, 6) is -1.71. The average Bonchev–Trinajstić information content (AvgIpc) is 1.14. The van der Waals surface area contributed by atoms with Gasteiger partial charge in [0, 0.05) is 5.90 Å². The van der Waals surface area contributed by atoms with Gasteiger partial charge in [0.15, 0.2) is 0 Å². The van der Waals surface area contributed by atoms with E-state index < -0.39 is 21.1 Å². The molecule has 0 amide bonds. The van der Waals surface area contributed by atoms with Crippen molar-refractivity contribution in [1.29, 1.82) is 0 Å². The molecular weight excluding hydrogens is 239 g/mol. The maximum Gasteiger partial charge on any atom is 1.00 e. The van der Waals surface area contributed by atoms with Crippen molar-refractivity contribution in [3.63, 3.8) is 0 Å². The van der Waals surface area contributed by atoms with Gasteiger partial charge in [0.2, 0.25) is 0 Å². The van der Waals surface area contributed by atoms with E-state index >= 15 is 0 Å². The van der Waals surface area contributed by atoms with Crippen molar-refractivity contribution in [3.8, 4) is 0 Å². The molecule has 1 unspecified atom stereocenters. The van der Waals surface area contributed by atoms with E-state index in [1.807, 2.05) is 0 Å². The molecule has 0 heterocycles. The first-order chi connectivity index (χ1) is 3.71. The van der Waals surface area contributed by atoms with E-state index in [2.05, 4.69) is 0 Å². The Morgan fingerprint density at radius 1 is 1.00 bits per heavy atom. The van der Waals surface area contributed by atoms with Gasteiger partial charge in [-0.3, -0.25) is 0 Å². The molecule has 6 nitrogen and oxygen atoms in total. The van der Waals surface area contributed by atoms with Gasteiger partial charge in [-0.25, -0.2) is 0 Å². The molecule has 0 aromatic heterocycles. The van der Waals surface area contributed by atoms with Crippen LogP contribution >= 0.6 is 15.2 Å². The quantitative estimate of drug-likeness (QED) is 0.378. The van der Waals surface area contributed by atoms with Gasteiger partial charge in [-0.15, -0.1) is 0 Å². The molecule has 0 saturated carbocycles. The first kappa shape index (κ1) is 24.5. The molecule has 1 N–H and O–H groups in total. The van der Waals surface area contributed by atoms with Crippen LogP contribution in [0.4, 0.5) is 0 Å². The fourth-order valence-electron chi connectivity index (χ4n) is 0.219. The molecule has 12 heavy (non-hydrogen) atoms. The van der Waals surface area contributed by atoms with E-state index in [1.165, 1.54) is 0 Å². The molecule has 0 aromatic rings. The Labute approximate surface area is 136 Å². The summed E-state index contributed by atoms with van der Waals surface area (Å²) in [6, 6.07) is 0. The van der Waals surface area contributed by atoms with Crippen LogP contribution in [0.15, 0.2) is 0 Å². The van der Waals surface area contributed by atoms with E-state index in [4.69, 9.17) is 4.89 Å². The van der Waals surface area contributed by atoms with Crippen LogP contribution in [0.3, 0.4) is 0 Å². The van der Waals surface area contributed by atoms with Crippen molar-refractivity contribution in [2.24, 2.45) is 0 Å². The summed E-state index contributed by atoms with van der Waals surface area (Å²) in [6.07, 6.45) is 0. The van der Waals surface area contributed by atoms with E-state index in [-0.39, 0.29) is 88.7 Å². The van der Waals surface area contributed by atoms with Crippen molar-refractivity contribution >= 4 is 15.2 Å². The fourth-order valence-corrected chi connectivity index (χ4v) is 1.97. The third-order valence-corrected chi connectivity index (χ3v) is 3.17. The topological polar surface area (TPSA) is 124 Å². The van der Waals surface area contributed by atoms with Crippen LogP contribution < -0.4 is 103 Å². The summed E-state index contributed by atoms with van der Waals surface area (Å²) < 4.78 is 19.2. The van der Waals surface area contributed by atoms with Gasteiger partial charge in [-0.2, -0.15) is 0 Å². The van der Waals surface area contributed by atoms with Crippen LogP contribution in [-0.4, -0.2) is 10.8 Å². The maximum atomic E-state index is 9.66. The first-order valence-electron chi connectivity index (χ1n) is 1.75. The van der Waals surface area contributed by atoms with E-state index in [1.54, 1.807) is 0 Å². The Morgan fingerprint density at radius 2 is 1.25 bits per heavy atom. The van der Waals surface area contributed by atoms with Gasteiger partial charge < -0.3 is 28.7 Å². The molecule has 0 saturated heterocycles. The van der Waals surface area contributed by atoms with Crippen LogP contribution in [0.25, 0.3) is 0 Å². The maximum absolute atomic E-state index is 9.66. The molecule has 0 rings (SSSR count). The van der Waals surface area contributed by atoms with Gasteiger partial charge in [0.05, 0.1) is 0 Å². The van der Waals surface area contributed by atoms with E-state index in [9.17, 15) is 23.8 Å². The number of hydrogen-bond acceptors (Lipinski definition) is 5. The Balaban J connectivity index is -0.000000107. The Hall–Kier alpha value is 3.30. The van der Waals surface area contributed by atoms with Crippen LogP contribution in [0.2, 0.25) is 0 Å². The molecule has 0 aliphatic rings. The minimum atomic E-state index is -5.11. The number of rotatable bonds is 2. The third-order valence-electron chi connectivity index (χ3n) is 0.352. The molecule has 0 spiro atoms. The van der Waals surface area contributed by atoms with E-state index in [0.29, 0.717) is 0 Å². The second kappa shape index (κ2) is 9.52. The molecule has 0 bridgehead atoms. The summed E-state index contributed by atoms with van der Waals surface area (Å²) >= 11 is 0. The van der Waals surface area contributed by atoms with Gasteiger partial charge >= 0.3 is 88.7 Å². The van der Waals surface area contributed by atoms with Gasteiger partial charge in [-0.1, -0.05) is 7.60 Å². The van der Waals surface area contributed by atoms with Crippen LogP contribution in [0.1, 0.15) is 0 Å². The summed E-state index contributed by atoms with van der Waals surface area (Å²) in [6.45, 7) is 0. The van der Waals surface area contributed by atoms with Crippen molar-refractivity contribution in [2.45, 2.75) is 0 Å². The molecule has 56 valence electrons. The van der Waals surface area contributed by atoms with Gasteiger partial charge in [-0.05, 0) is 0 Å². The van der Waals surface area contributed by atoms with Crippen LogP contribution in [0, 0.1) is 0 Å². The Kier molecular flexibility index (Phi) is 19.4. The zero-order valence-electron chi connectivity index (χ0n) is 7.09.